The first kappa shape index (κ1) is 13.6. The molecule has 0 amide bonds. The summed E-state index contributed by atoms with van der Waals surface area (Å²) in [5.41, 5.74) is 1.19. The van der Waals surface area contributed by atoms with E-state index in [1.54, 1.807) is 19.1 Å². The van der Waals surface area contributed by atoms with Crippen molar-refractivity contribution >= 4 is 22.5 Å². The van der Waals surface area contributed by atoms with Crippen molar-refractivity contribution in [2.24, 2.45) is 0 Å². The third-order valence-electron chi connectivity index (χ3n) is 2.54. The number of hydrogen-bond acceptors (Lipinski definition) is 3. The van der Waals surface area contributed by atoms with Gasteiger partial charge in [-0.25, -0.2) is 8.42 Å². The lowest BCUT2D eigenvalue weighted by Crippen LogP contribution is -2.03. The lowest BCUT2D eigenvalue weighted by Gasteiger charge is -2.03. The summed E-state index contributed by atoms with van der Waals surface area (Å²) in [5.74, 6) is 1.06. The second kappa shape index (κ2) is 6.30. The average molecular weight is 258 g/mol. The number of hydrogen-bond donors (Lipinski definition) is 1. The highest BCUT2D eigenvalue weighted by molar-refractivity contribution is 7.91. The van der Waals surface area contributed by atoms with E-state index in [0.717, 1.165) is 25.0 Å². The van der Waals surface area contributed by atoms with E-state index < -0.39 is 9.84 Å². The maximum atomic E-state index is 11.6. The Bertz CT molecular complexity index is 407. The Morgan fingerprint density at radius 2 is 1.75 bits per heavy atom. The highest BCUT2D eigenvalue weighted by Crippen LogP contribution is 2.13. The Kier molecular flexibility index (Phi) is 5.35. The van der Waals surface area contributed by atoms with Crippen LogP contribution in [0.3, 0.4) is 0 Å². The van der Waals surface area contributed by atoms with Gasteiger partial charge >= 0.3 is 0 Å². The lowest BCUT2D eigenvalue weighted by molar-refractivity contribution is 0.597. The van der Waals surface area contributed by atoms with Crippen molar-refractivity contribution in [1.29, 1.82) is 0 Å². The van der Waals surface area contributed by atoms with Gasteiger partial charge in [-0.05, 0) is 42.7 Å². The van der Waals surface area contributed by atoms with Crippen LogP contribution in [-0.2, 0) is 16.3 Å². The number of unbranched alkanes of at least 4 members (excludes halogenated alkanes) is 1. The molecule has 0 radical (unpaired) electrons. The Balaban J connectivity index is 2.68. The van der Waals surface area contributed by atoms with Gasteiger partial charge in [0.25, 0.3) is 0 Å². The van der Waals surface area contributed by atoms with Gasteiger partial charge in [0, 0.05) is 0 Å². The van der Waals surface area contributed by atoms with Crippen LogP contribution < -0.4 is 0 Å². The highest BCUT2D eigenvalue weighted by Gasteiger charge is 2.10. The van der Waals surface area contributed by atoms with Gasteiger partial charge < -0.3 is 0 Å². The third-order valence-corrected chi connectivity index (χ3v) is 4.60. The van der Waals surface area contributed by atoms with Gasteiger partial charge in [0.05, 0.1) is 10.6 Å². The van der Waals surface area contributed by atoms with Crippen LogP contribution in [-0.4, -0.2) is 19.9 Å². The zero-order valence-corrected chi connectivity index (χ0v) is 11.2. The summed E-state index contributed by atoms with van der Waals surface area (Å²) in [6.07, 6.45) is 3.19. The van der Waals surface area contributed by atoms with Gasteiger partial charge in [-0.15, -0.1) is 0 Å². The molecule has 0 bridgehead atoms. The maximum absolute atomic E-state index is 11.6. The molecule has 16 heavy (non-hydrogen) atoms. The molecule has 0 aliphatic heterocycles. The SMILES string of the molecule is CCS(=O)(=O)c1ccc(CCCCS)cc1. The molecule has 0 atom stereocenters. The molecule has 0 N–H and O–H groups in total. The summed E-state index contributed by atoms with van der Waals surface area (Å²) < 4.78 is 23.1. The number of sulfone groups is 1. The molecule has 1 aromatic carbocycles. The lowest BCUT2D eigenvalue weighted by atomic mass is 10.1. The molecular formula is C12H18O2S2. The first-order valence-electron chi connectivity index (χ1n) is 5.52. The molecule has 0 spiro atoms. The number of rotatable bonds is 6. The van der Waals surface area contributed by atoms with Gasteiger partial charge in [0.15, 0.2) is 9.84 Å². The van der Waals surface area contributed by atoms with Crippen molar-refractivity contribution < 1.29 is 8.42 Å². The van der Waals surface area contributed by atoms with Crippen LogP contribution in [0.25, 0.3) is 0 Å². The van der Waals surface area contributed by atoms with Gasteiger partial charge in [-0.3, -0.25) is 0 Å². The van der Waals surface area contributed by atoms with E-state index in [1.807, 2.05) is 12.1 Å². The van der Waals surface area contributed by atoms with E-state index in [2.05, 4.69) is 12.6 Å². The smallest absolute Gasteiger partial charge is 0.178 e. The van der Waals surface area contributed by atoms with Crippen LogP contribution in [0, 0.1) is 0 Å². The molecule has 1 aromatic rings. The fourth-order valence-electron chi connectivity index (χ4n) is 1.47. The van der Waals surface area contributed by atoms with Crippen LogP contribution in [0.2, 0.25) is 0 Å². The minimum atomic E-state index is -3.05. The number of benzene rings is 1. The standard InChI is InChI=1S/C12H18O2S2/c1-2-16(13,14)12-8-6-11(7-9-12)5-3-4-10-15/h6-9,15H,2-5,10H2,1H3. The molecule has 0 unspecified atom stereocenters. The van der Waals surface area contributed by atoms with Crippen molar-refractivity contribution in [2.45, 2.75) is 31.1 Å². The molecular weight excluding hydrogens is 240 g/mol. The van der Waals surface area contributed by atoms with E-state index in [1.165, 1.54) is 5.56 Å². The van der Waals surface area contributed by atoms with Crippen molar-refractivity contribution in [1.82, 2.24) is 0 Å². The van der Waals surface area contributed by atoms with E-state index in [4.69, 9.17) is 0 Å². The van der Waals surface area contributed by atoms with Gasteiger partial charge in [0.2, 0.25) is 0 Å². The van der Waals surface area contributed by atoms with E-state index in [9.17, 15) is 8.42 Å². The zero-order chi connectivity index (χ0) is 12.0. The molecule has 0 saturated heterocycles. The van der Waals surface area contributed by atoms with Crippen LogP contribution in [0.5, 0.6) is 0 Å². The molecule has 2 nitrogen and oxygen atoms in total. The quantitative estimate of drug-likeness (QED) is 0.629. The Morgan fingerprint density at radius 1 is 1.12 bits per heavy atom. The largest absolute Gasteiger partial charge is 0.224 e. The van der Waals surface area contributed by atoms with E-state index >= 15 is 0 Å². The molecule has 0 heterocycles. The first-order chi connectivity index (χ1) is 7.60. The first-order valence-corrected chi connectivity index (χ1v) is 7.81. The number of thiol groups is 1. The van der Waals surface area contributed by atoms with Gasteiger partial charge in [-0.2, -0.15) is 12.6 Å². The molecule has 0 aliphatic carbocycles. The van der Waals surface area contributed by atoms with Crippen molar-refractivity contribution in [2.75, 3.05) is 11.5 Å². The summed E-state index contributed by atoms with van der Waals surface area (Å²) in [6.45, 7) is 1.66. The summed E-state index contributed by atoms with van der Waals surface area (Å²) in [7, 11) is -3.05. The van der Waals surface area contributed by atoms with Crippen LogP contribution in [0.1, 0.15) is 25.3 Å². The summed E-state index contributed by atoms with van der Waals surface area (Å²) >= 11 is 4.15. The maximum Gasteiger partial charge on any atom is 0.178 e. The topological polar surface area (TPSA) is 34.1 Å². The average Bonchev–Trinajstić information content (AvgIpc) is 2.30. The number of aryl methyl sites for hydroxylation is 1. The van der Waals surface area contributed by atoms with Crippen LogP contribution in [0.15, 0.2) is 29.2 Å². The van der Waals surface area contributed by atoms with Crippen molar-refractivity contribution in [3.63, 3.8) is 0 Å². The Morgan fingerprint density at radius 3 is 2.25 bits per heavy atom. The second-order valence-electron chi connectivity index (χ2n) is 3.73. The molecule has 4 heteroatoms. The predicted octanol–water partition coefficient (Wildman–Crippen LogP) is 2.73. The molecule has 0 aromatic heterocycles. The summed E-state index contributed by atoms with van der Waals surface area (Å²) in [5, 5.41) is 0. The molecule has 0 saturated carbocycles. The van der Waals surface area contributed by atoms with Gasteiger partial charge in [0.1, 0.15) is 0 Å². The van der Waals surface area contributed by atoms with Crippen LogP contribution in [0.4, 0.5) is 0 Å². The van der Waals surface area contributed by atoms with Crippen LogP contribution >= 0.6 is 12.6 Å². The summed E-state index contributed by atoms with van der Waals surface area (Å²) in [4.78, 5) is 0.424. The predicted molar refractivity (Wildman–Crippen MR) is 71.0 cm³/mol. The third kappa shape index (κ3) is 3.83. The van der Waals surface area contributed by atoms with Gasteiger partial charge in [-0.1, -0.05) is 19.1 Å². The molecule has 0 fully saturated rings. The normalized spacial score (nSPS) is 11.6. The monoisotopic (exact) mass is 258 g/mol. The van der Waals surface area contributed by atoms with Crippen molar-refractivity contribution in [3.05, 3.63) is 29.8 Å². The molecule has 90 valence electrons. The van der Waals surface area contributed by atoms with E-state index in [0.29, 0.717) is 4.90 Å². The second-order valence-corrected chi connectivity index (χ2v) is 6.45. The summed E-state index contributed by atoms with van der Waals surface area (Å²) in [6, 6.07) is 7.21. The van der Waals surface area contributed by atoms with E-state index in [-0.39, 0.29) is 5.75 Å². The minimum Gasteiger partial charge on any atom is -0.224 e. The van der Waals surface area contributed by atoms with Crippen molar-refractivity contribution in [3.8, 4) is 0 Å². The highest BCUT2D eigenvalue weighted by atomic mass is 32.2. The fourth-order valence-corrected chi connectivity index (χ4v) is 2.58. The Hall–Kier alpha value is -0.480. The fraction of sp³-hybridized carbons (Fsp3) is 0.500. The molecule has 1 rings (SSSR count). The minimum absolute atomic E-state index is 0.159. The molecule has 0 aliphatic rings. The Labute approximate surface area is 103 Å². The zero-order valence-electron chi connectivity index (χ0n) is 9.52.